The highest BCUT2D eigenvalue weighted by atomic mass is 16.2. The molecule has 0 aromatic heterocycles. The highest BCUT2D eigenvalue weighted by molar-refractivity contribution is 6.05. The summed E-state index contributed by atoms with van der Waals surface area (Å²) in [6.45, 7) is 1.77. The van der Waals surface area contributed by atoms with Crippen molar-refractivity contribution in [3.8, 4) is 0 Å². The standard InChI is InChI=1S/C15H17N3O3/c1-2-12-14(20)17-13(19)8-18(12)15(21)11-7-9-5-3-4-6-10(9)16-11/h3-6,11-12,16H,2,7-8H2,1H3,(H,17,19,20)/t11-,12?/m0/s1. The third-order valence-electron chi connectivity index (χ3n) is 3.99. The second kappa shape index (κ2) is 5.20. The van der Waals surface area contributed by atoms with Gasteiger partial charge in [-0.2, -0.15) is 0 Å². The molecule has 1 aromatic rings. The number of hydrogen-bond donors (Lipinski definition) is 2. The highest BCUT2D eigenvalue weighted by Crippen LogP contribution is 2.26. The number of anilines is 1. The molecule has 21 heavy (non-hydrogen) atoms. The van der Waals surface area contributed by atoms with Crippen molar-refractivity contribution in [1.29, 1.82) is 0 Å². The molecule has 0 radical (unpaired) electrons. The van der Waals surface area contributed by atoms with E-state index in [1.165, 1.54) is 4.90 Å². The molecule has 2 aliphatic heterocycles. The Balaban J connectivity index is 1.79. The van der Waals surface area contributed by atoms with Crippen LogP contribution in [0, 0.1) is 0 Å². The SMILES string of the molecule is CCC1C(=O)NC(=O)CN1C(=O)[C@@H]1Cc2ccccc2N1. The number of carbonyl (C=O) groups is 3. The second-order valence-electron chi connectivity index (χ2n) is 5.36. The highest BCUT2D eigenvalue weighted by Gasteiger charge is 2.39. The van der Waals surface area contributed by atoms with Gasteiger partial charge < -0.3 is 10.2 Å². The Kier molecular flexibility index (Phi) is 3.37. The van der Waals surface area contributed by atoms with Gasteiger partial charge in [0.05, 0.1) is 0 Å². The van der Waals surface area contributed by atoms with Gasteiger partial charge in [0, 0.05) is 12.1 Å². The molecule has 6 heteroatoms. The number of hydrogen-bond acceptors (Lipinski definition) is 4. The zero-order chi connectivity index (χ0) is 15.0. The van der Waals surface area contributed by atoms with Gasteiger partial charge in [-0.1, -0.05) is 25.1 Å². The maximum Gasteiger partial charge on any atom is 0.249 e. The summed E-state index contributed by atoms with van der Waals surface area (Å²) in [5, 5.41) is 5.45. The molecule has 0 aliphatic carbocycles. The van der Waals surface area contributed by atoms with E-state index in [4.69, 9.17) is 0 Å². The van der Waals surface area contributed by atoms with Gasteiger partial charge in [-0.3, -0.25) is 19.7 Å². The molecule has 110 valence electrons. The molecule has 2 aliphatic rings. The van der Waals surface area contributed by atoms with Crippen LogP contribution in [0.2, 0.25) is 0 Å². The number of benzene rings is 1. The van der Waals surface area contributed by atoms with Crippen LogP contribution in [0.4, 0.5) is 5.69 Å². The fourth-order valence-electron chi connectivity index (χ4n) is 2.95. The number of amides is 3. The van der Waals surface area contributed by atoms with Crippen molar-refractivity contribution in [1.82, 2.24) is 10.2 Å². The van der Waals surface area contributed by atoms with Crippen LogP contribution < -0.4 is 10.6 Å². The van der Waals surface area contributed by atoms with Crippen molar-refractivity contribution in [2.75, 3.05) is 11.9 Å². The van der Waals surface area contributed by atoms with Gasteiger partial charge in [-0.05, 0) is 18.1 Å². The predicted octanol–water partition coefficient (Wildman–Crippen LogP) is 0.287. The Hall–Kier alpha value is -2.37. The summed E-state index contributed by atoms with van der Waals surface area (Å²) in [7, 11) is 0. The zero-order valence-corrected chi connectivity index (χ0v) is 11.8. The first-order valence-corrected chi connectivity index (χ1v) is 7.08. The van der Waals surface area contributed by atoms with Gasteiger partial charge in [-0.15, -0.1) is 0 Å². The number of nitrogens with one attached hydrogen (secondary N) is 2. The predicted molar refractivity (Wildman–Crippen MR) is 76.5 cm³/mol. The lowest BCUT2D eigenvalue weighted by molar-refractivity contribution is -0.150. The minimum atomic E-state index is -0.569. The topological polar surface area (TPSA) is 78.5 Å². The van der Waals surface area contributed by atoms with E-state index in [1.54, 1.807) is 0 Å². The van der Waals surface area contributed by atoms with E-state index in [1.807, 2.05) is 31.2 Å². The lowest BCUT2D eigenvalue weighted by atomic mass is 10.1. The monoisotopic (exact) mass is 287 g/mol. The summed E-state index contributed by atoms with van der Waals surface area (Å²) in [5.74, 6) is -1.01. The summed E-state index contributed by atoms with van der Waals surface area (Å²) < 4.78 is 0. The maximum atomic E-state index is 12.7. The van der Waals surface area contributed by atoms with Gasteiger partial charge in [-0.25, -0.2) is 0 Å². The number of piperazine rings is 1. The maximum absolute atomic E-state index is 12.7. The van der Waals surface area contributed by atoms with Crippen molar-refractivity contribution >= 4 is 23.4 Å². The zero-order valence-electron chi connectivity index (χ0n) is 11.8. The molecule has 1 fully saturated rings. The quantitative estimate of drug-likeness (QED) is 0.766. The molecule has 1 unspecified atom stereocenters. The molecule has 1 saturated heterocycles. The van der Waals surface area contributed by atoms with Crippen molar-refractivity contribution in [2.24, 2.45) is 0 Å². The lowest BCUT2D eigenvalue weighted by Crippen LogP contribution is -2.61. The normalized spacial score (nSPS) is 24.3. The first-order valence-electron chi connectivity index (χ1n) is 7.08. The van der Waals surface area contributed by atoms with Crippen molar-refractivity contribution in [2.45, 2.75) is 31.8 Å². The third-order valence-corrected chi connectivity index (χ3v) is 3.99. The molecule has 3 rings (SSSR count). The smallest absolute Gasteiger partial charge is 0.249 e. The van der Waals surface area contributed by atoms with E-state index in [9.17, 15) is 14.4 Å². The van der Waals surface area contributed by atoms with Crippen LogP contribution in [-0.2, 0) is 20.8 Å². The molecule has 2 heterocycles. The molecular formula is C15H17N3O3. The molecule has 6 nitrogen and oxygen atoms in total. The largest absolute Gasteiger partial charge is 0.373 e. The van der Waals surface area contributed by atoms with Gasteiger partial charge in [0.1, 0.15) is 18.6 Å². The van der Waals surface area contributed by atoms with Crippen LogP contribution >= 0.6 is 0 Å². The van der Waals surface area contributed by atoms with Crippen LogP contribution in [-0.4, -0.2) is 41.2 Å². The third kappa shape index (κ3) is 2.37. The molecule has 0 spiro atoms. The average Bonchev–Trinajstić information content (AvgIpc) is 2.89. The Morgan fingerprint density at radius 3 is 2.81 bits per heavy atom. The lowest BCUT2D eigenvalue weighted by Gasteiger charge is -2.35. The second-order valence-corrected chi connectivity index (χ2v) is 5.36. The summed E-state index contributed by atoms with van der Waals surface area (Å²) >= 11 is 0. The minimum Gasteiger partial charge on any atom is -0.373 e. The molecule has 2 N–H and O–H groups in total. The first kappa shape index (κ1) is 13.6. The van der Waals surface area contributed by atoms with Crippen molar-refractivity contribution < 1.29 is 14.4 Å². The number of nitrogens with zero attached hydrogens (tertiary/aromatic N) is 1. The fraction of sp³-hybridized carbons (Fsp3) is 0.400. The first-order chi connectivity index (χ1) is 10.1. The van der Waals surface area contributed by atoms with Crippen LogP contribution in [0.3, 0.4) is 0 Å². The van der Waals surface area contributed by atoms with Crippen LogP contribution in [0.15, 0.2) is 24.3 Å². The number of para-hydroxylation sites is 1. The van der Waals surface area contributed by atoms with E-state index in [0.29, 0.717) is 12.8 Å². The van der Waals surface area contributed by atoms with Gasteiger partial charge in [0.15, 0.2) is 0 Å². The summed E-state index contributed by atoms with van der Waals surface area (Å²) in [6, 6.07) is 6.76. The summed E-state index contributed by atoms with van der Waals surface area (Å²) in [6.07, 6.45) is 1.07. The number of fused-ring (bicyclic) bond motifs is 1. The average molecular weight is 287 g/mol. The van der Waals surface area contributed by atoms with E-state index in [-0.39, 0.29) is 12.5 Å². The number of carbonyl (C=O) groups excluding carboxylic acids is 3. The Morgan fingerprint density at radius 2 is 2.10 bits per heavy atom. The Bertz CT molecular complexity index is 589. The Morgan fingerprint density at radius 1 is 1.33 bits per heavy atom. The van der Waals surface area contributed by atoms with Crippen molar-refractivity contribution in [3.05, 3.63) is 29.8 Å². The van der Waals surface area contributed by atoms with Crippen molar-refractivity contribution in [3.63, 3.8) is 0 Å². The van der Waals surface area contributed by atoms with E-state index >= 15 is 0 Å². The molecule has 2 atom stereocenters. The molecule has 0 bridgehead atoms. The van der Waals surface area contributed by atoms with Gasteiger partial charge in [0.25, 0.3) is 0 Å². The van der Waals surface area contributed by atoms with Crippen LogP contribution in [0.5, 0.6) is 0 Å². The molecular weight excluding hydrogens is 270 g/mol. The van der Waals surface area contributed by atoms with Crippen LogP contribution in [0.1, 0.15) is 18.9 Å². The molecule has 1 aromatic carbocycles. The van der Waals surface area contributed by atoms with E-state index < -0.39 is 23.9 Å². The fourth-order valence-corrected chi connectivity index (χ4v) is 2.95. The van der Waals surface area contributed by atoms with Gasteiger partial charge >= 0.3 is 0 Å². The van der Waals surface area contributed by atoms with E-state index in [0.717, 1.165) is 11.3 Å². The summed E-state index contributed by atoms with van der Waals surface area (Å²) in [5.41, 5.74) is 2.02. The van der Waals surface area contributed by atoms with Gasteiger partial charge in [0.2, 0.25) is 17.7 Å². The summed E-state index contributed by atoms with van der Waals surface area (Å²) in [4.78, 5) is 37.4. The number of imide groups is 1. The Labute approximate surface area is 122 Å². The molecule has 0 saturated carbocycles. The number of rotatable bonds is 2. The van der Waals surface area contributed by atoms with Crippen LogP contribution in [0.25, 0.3) is 0 Å². The van der Waals surface area contributed by atoms with E-state index in [2.05, 4.69) is 10.6 Å². The minimum absolute atomic E-state index is 0.0579. The molecule has 3 amide bonds.